The molecule has 1 saturated heterocycles. The molecule has 18 heteroatoms. The predicted octanol–water partition coefficient (Wildman–Crippen LogP) is -3.03. The van der Waals surface area contributed by atoms with Crippen LogP contribution in [0.25, 0.3) is 11.2 Å². The van der Waals surface area contributed by atoms with Crippen molar-refractivity contribution in [2.24, 2.45) is 0 Å². The lowest BCUT2D eigenvalue weighted by Crippen LogP contribution is -2.40. The summed E-state index contributed by atoms with van der Waals surface area (Å²) >= 11 is 0. The lowest BCUT2D eigenvalue weighted by molar-refractivity contribution is -0.0477. The Labute approximate surface area is 155 Å². The number of H-pyrrole nitrogens is 1. The van der Waals surface area contributed by atoms with Gasteiger partial charge in [-0.3, -0.25) is 23.5 Å². The zero-order valence-corrected chi connectivity index (χ0v) is 15.1. The number of imidazole rings is 1. The van der Waals surface area contributed by atoms with Gasteiger partial charge in [-0.05, 0) is 0 Å². The van der Waals surface area contributed by atoms with Gasteiger partial charge in [-0.1, -0.05) is 0 Å². The molecule has 0 amide bonds. The van der Waals surface area contributed by atoms with E-state index in [1.165, 1.54) is 0 Å². The normalized spacial score (nSPS) is 26.1. The Hall–Kier alpha value is -2.19. The van der Waals surface area contributed by atoms with Crippen LogP contribution in [0.2, 0.25) is 0 Å². The number of aliphatic hydroxyl groups is 1. The summed E-state index contributed by atoms with van der Waals surface area (Å²) < 4.78 is 77.6. The molecule has 0 unspecified atom stereocenters. The molecule has 28 heavy (non-hydrogen) atoms. The van der Waals surface area contributed by atoms with Gasteiger partial charge in [0.25, 0.3) is 5.56 Å². The molecule has 3 rings (SSSR count). The zero-order chi connectivity index (χ0) is 20.9. The maximum Gasteiger partial charge on any atom is 0.397 e. The van der Waals surface area contributed by atoms with Crippen molar-refractivity contribution in [1.29, 1.82) is 0 Å². The van der Waals surface area contributed by atoms with Gasteiger partial charge in [-0.15, -0.1) is 0 Å². The van der Waals surface area contributed by atoms with Crippen LogP contribution < -0.4 is 11.3 Å². The van der Waals surface area contributed by atoms with E-state index in [1.807, 2.05) is 0 Å². The summed E-state index contributed by atoms with van der Waals surface area (Å²) in [5.41, 5.74) is 4.28. The van der Waals surface area contributed by atoms with E-state index < -0.39 is 57.5 Å². The number of nitrogens with two attached hydrogens (primary N) is 1. The number of hydrogen-bond acceptors (Lipinski definition) is 12. The van der Waals surface area contributed by atoms with Gasteiger partial charge in [-0.25, -0.2) is 13.4 Å². The smallest absolute Gasteiger partial charge is 0.394 e. The molecule has 156 valence electrons. The largest absolute Gasteiger partial charge is 0.397 e. The molecule has 0 bridgehead atoms. The number of nitrogen functional groups attached to an aromatic ring is 1. The van der Waals surface area contributed by atoms with Crippen molar-refractivity contribution in [2.75, 3.05) is 12.3 Å². The van der Waals surface area contributed by atoms with E-state index in [2.05, 4.69) is 23.3 Å². The van der Waals surface area contributed by atoms with Crippen molar-refractivity contribution >= 4 is 37.9 Å². The first-order chi connectivity index (χ1) is 12.9. The molecule has 2 aromatic rings. The molecule has 0 saturated carbocycles. The van der Waals surface area contributed by atoms with Gasteiger partial charge in [0, 0.05) is 0 Å². The number of anilines is 1. The predicted molar refractivity (Wildman–Crippen MR) is 86.4 cm³/mol. The number of aromatic amines is 1. The second-order valence-corrected chi connectivity index (χ2v) is 7.60. The van der Waals surface area contributed by atoms with E-state index in [9.17, 15) is 26.7 Å². The number of rotatable bonds is 6. The fourth-order valence-electron chi connectivity index (χ4n) is 2.71. The first kappa shape index (κ1) is 20.5. The van der Waals surface area contributed by atoms with E-state index in [1.54, 1.807) is 0 Å². The summed E-state index contributed by atoms with van der Waals surface area (Å²) in [5, 5.41) is 9.40. The van der Waals surface area contributed by atoms with Crippen molar-refractivity contribution < 1.29 is 44.2 Å². The molecule has 16 nitrogen and oxygen atoms in total. The number of fused-ring (bicyclic) bond motifs is 1. The molecule has 0 aliphatic carbocycles. The molecular formula is C10H13N5O11S2. The summed E-state index contributed by atoms with van der Waals surface area (Å²) in [7, 11) is -10.3. The second kappa shape index (κ2) is 7.00. The number of hydrogen-bond donors (Lipinski definition) is 5. The SMILES string of the molecule is Nc1nc2c(ncn2[C@@H]2O[C@H](CO)[C@@H](OS(=O)(=O)O)[C@H]2OS(=O)(=O)O)c(=O)[nH]1. The van der Waals surface area contributed by atoms with Gasteiger partial charge in [0.1, 0.15) is 12.2 Å². The summed E-state index contributed by atoms with van der Waals surface area (Å²) in [5.74, 6) is -0.325. The van der Waals surface area contributed by atoms with Crippen LogP contribution in [0.1, 0.15) is 6.23 Å². The van der Waals surface area contributed by atoms with E-state index >= 15 is 0 Å². The van der Waals surface area contributed by atoms with E-state index in [0.717, 1.165) is 10.9 Å². The topological polar surface area (TPSA) is 246 Å². The number of aromatic nitrogens is 4. The van der Waals surface area contributed by atoms with Gasteiger partial charge in [0.05, 0.1) is 12.9 Å². The van der Waals surface area contributed by atoms with Crippen LogP contribution in [0.15, 0.2) is 11.1 Å². The van der Waals surface area contributed by atoms with Crippen molar-refractivity contribution in [3.63, 3.8) is 0 Å². The van der Waals surface area contributed by atoms with Crippen molar-refractivity contribution in [2.45, 2.75) is 24.5 Å². The van der Waals surface area contributed by atoms with Gasteiger partial charge in [0.2, 0.25) is 5.95 Å². The Bertz CT molecular complexity index is 1160. The third-order valence-corrected chi connectivity index (χ3v) is 4.59. The minimum Gasteiger partial charge on any atom is -0.394 e. The minimum absolute atomic E-state index is 0.209. The molecule has 4 atom stereocenters. The third-order valence-electron chi connectivity index (χ3n) is 3.66. The van der Waals surface area contributed by atoms with E-state index in [0.29, 0.717) is 0 Å². The van der Waals surface area contributed by atoms with Gasteiger partial charge in [0.15, 0.2) is 23.5 Å². The Morgan fingerprint density at radius 1 is 1.21 bits per heavy atom. The molecule has 1 aliphatic rings. The van der Waals surface area contributed by atoms with Crippen LogP contribution in [0.3, 0.4) is 0 Å². The van der Waals surface area contributed by atoms with Crippen LogP contribution in [-0.4, -0.2) is 75.5 Å². The fourth-order valence-corrected chi connectivity index (χ4v) is 3.71. The van der Waals surface area contributed by atoms with Crippen molar-refractivity contribution in [1.82, 2.24) is 19.5 Å². The molecular weight excluding hydrogens is 430 g/mol. The monoisotopic (exact) mass is 443 g/mol. The number of aliphatic hydroxyl groups excluding tert-OH is 1. The molecule has 0 spiro atoms. The van der Waals surface area contributed by atoms with Gasteiger partial charge < -0.3 is 15.6 Å². The average Bonchev–Trinajstić information content (AvgIpc) is 3.07. The maximum absolute atomic E-state index is 11.9. The summed E-state index contributed by atoms with van der Waals surface area (Å²) in [6.45, 7) is -0.898. The van der Waals surface area contributed by atoms with Crippen LogP contribution >= 0.6 is 0 Å². The first-order valence-corrected chi connectivity index (χ1v) is 9.92. The van der Waals surface area contributed by atoms with Crippen LogP contribution in [-0.2, 0) is 33.9 Å². The lowest BCUT2D eigenvalue weighted by Gasteiger charge is -2.21. The van der Waals surface area contributed by atoms with Gasteiger partial charge in [-0.2, -0.15) is 21.8 Å². The fraction of sp³-hybridized carbons (Fsp3) is 0.500. The molecule has 1 aliphatic heterocycles. The lowest BCUT2D eigenvalue weighted by atomic mass is 10.1. The molecule has 2 aromatic heterocycles. The molecule has 1 fully saturated rings. The minimum atomic E-state index is -5.19. The molecule has 0 aromatic carbocycles. The summed E-state index contributed by atoms with van der Waals surface area (Å²) in [6.07, 6.45) is -6.04. The highest BCUT2D eigenvalue weighted by Crippen LogP contribution is 2.36. The molecule has 6 N–H and O–H groups in total. The Balaban J connectivity index is 2.14. The highest BCUT2D eigenvalue weighted by molar-refractivity contribution is 7.81. The number of ether oxygens (including phenoxy) is 1. The highest BCUT2D eigenvalue weighted by Gasteiger charge is 2.51. The number of nitrogens with one attached hydrogen (secondary N) is 1. The Morgan fingerprint density at radius 2 is 1.82 bits per heavy atom. The van der Waals surface area contributed by atoms with Crippen molar-refractivity contribution in [3.05, 3.63) is 16.7 Å². The zero-order valence-electron chi connectivity index (χ0n) is 13.4. The second-order valence-electron chi connectivity index (χ2n) is 5.50. The van der Waals surface area contributed by atoms with Crippen LogP contribution in [0.4, 0.5) is 5.95 Å². The summed E-state index contributed by atoms with van der Waals surface area (Å²) in [4.78, 5) is 21.6. The highest BCUT2D eigenvalue weighted by atomic mass is 32.3. The first-order valence-electron chi connectivity index (χ1n) is 7.19. The molecule has 3 heterocycles. The molecule has 0 radical (unpaired) electrons. The van der Waals surface area contributed by atoms with Crippen LogP contribution in [0.5, 0.6) is 0 Å². The summed E-state index contributed by atoms with van der Waals surface area (Å²) in [6, 6.07) is 0. The third kappa shape index (κ3) is 4.12. The standard InChI is InChI=1S/C10H13N5O11S2/c11-10-13-7-4(8(17)14-10)12-2-15(7)9-6(26-28(21,22)23)5(3(1-16)24-9)25-27(18,19)20/h2-3,5-6,9,16H,1H2,(H,18,19,20)(H,21,22,23)(H3,11,13,14,17)/t3-,5-,6-,9-/m1/s1. The van der Waals surface area contributed by atoms with Gasteiger partial charge >= 0.3 is 20.8 Å². The number of nitrogens with zero attached hydrogens (tertiary/aromatic N) is 3. The van der Waals surface area contributed by atoms with E-state index in [4.69, 9.17) is 19.6 Å². The van der Waals surface area contributed by atoms with Crippen molar-refractivity contribution in [3.8, 4) is 0 Å². The maximum atomic E-state index is 11.9. The Morgan fingerprint density at radius 3 is 2.39 bits per heavy atom. The average molecular weight is 443 g/mol. The Kier molecular flexibility index (Phi) is 5.14. The van der Waals surface area contributed by atoms with Crippen LogP contribution in [0, 0.1) is 0 Å². The quantitative estimate of drug-likeness (QED) is 0.279. The van der Waals surface area contributed by atoms with E-state index in [-0.39, 0.29) is 17.1 Å².